The van der Waals surface area contributed by atoms with E-state index in [1.807, 2.05) is 41.8 Å². The highest BCUT2D eigenvalue weighted by atomic mass is 32.2. The molecule has 200 valence electrons. The zero-order chi connectivity index (χ0) is 27.2. The molecule has 3 aromatic heterocycles. The van der Waals surface area contributed by atoms with Crippen molar-refractivity contribution in [3.05, 3.63) is 88.9 Å². The Hall–Kier alpha value is -4.00. The Morgan fingerprint density at radius 2 is 1.87 bits per heavy atom. The molecule has 3 heterocycles. The number of halogens is 1. The lowest BCUT2D eigenvalue weighted by Crippen LogP contribution is -2.21. The van der Waals surface area contributed by atoms with E-state index in [2.05, 4.69) is 30.6 Å². The maximum absolute atomic E-state index is 13.4. The van der Waals surface area contributed by atoms with Gasteiger partial charge in [0, 0.05) is 35.8 Å². The van der Waals surface area contributed by atoms with E-state index < -0.39 is 9.84 Å². The number of thiazole rings is 1. The molecule has 39 heavy (non-hydrogen) atoms. The average molecular weight is 565 g/mol. The predicted octanol–water partition coefficient (Wildman–Crippen LogP) is 4.74. The van der Waals surface area contributed by atoms with Gasteiger partial charge in [0.25, 0.3) is 0 Å². The summed E-state index contributed by atoms with van der Waals surface area (Å²) in [6, 6.07) is 15.6. The van der Waals surface area contributed by atoms with Crippen molar-refractivity contribution in [2.45, 2.75) is 13.2 Å². The number of ether oxygens (including phenoxy) is 1. The van der Waals surface area contributed by atoms with Gasteiger partial charge in [-0.3, -0.25) is 4.98 Å². The van der Waals surface area contributed by atoms with E-state index in [1.54, 1.807) is 12.3 Å². The minimum Gasteiger partial charge on any atom is -0.489 e. The van der Waals surface area contributed by atoms with Crippen LogP contribution in [0.5, 0.6) is 5.75 Å². The van der Waals surface area contributed by atoms with Crippen LogP contribution >= 0.6 is 11.3 Å². The first-order valence-corrected chi connectivity index (χ1v) is 14.9. The van der Waals surface area contributed by atoms with Gasteiger partial charge in [0.2, 0.25) is 0 Å². The van der Waals surface area contributed by atoms with Gasteiger partial charge in [-0.15, -0.1) is 11.3 Å². The second-order valence-electron chi connectivity index (χ2n) is 8.81. The molecule has 0 aliphatic heterocycles. The highest BCUT2D eigenvalue weighted by molar-refractivity contribution is 7.90. The third-order valence-electron chi connectivity index (χ3n) is 5.67. The lowest BCUT2D eigenvalue weighted by Gasteiger charge is -2.10. The van der Waals surface area contributed by atoms with Crippen molar-refractivity contribution < 1.29 is 17.5 Å². The fourth-order valence-corrected chi connectivity index (χ4v) is 5.00. The third-order valence-corrected chi connectivity index (χ3v) is 7.47. The van der Waals surface area contributed by atoms with Crippen molar-refractivity contribution in [2.24, 2.45) is 0 Å². The standard InChI is InChI=1S/C27H25FN6O3S2/c1-39(35,36)10-9-29-14-26-34-25(16-38-26)23-12-22-24(13-30-23)31-17-32-27(22)33-20-5-7-21(8-6-20)37-15-18-3-2-4-19(28)11-18/h2-8,11-13,16-17,29H,9-10,14-15H2,1H3,(H,31,32,33). The molecule has 0 atom stereocenters. The largest absolute Gasteiger partial charge is 0.489 e. The van der Waals surface area contributed by atoms with E-state index in [0.29, 0.717) is 35.9 Å². The molecule has 5 rings (SSSR count). The Morgan fingerprint density at radius 1 is 1.03 bits per heavy atom. The van der Waals surface area contributed by atoms with Crippen LogP contribution < -0.4 is 15.4 Å². The van der Waals surface area contributed by atoms with Gasteiger partial charge in [0.15, 0.2) is 0 Å². The molecule has 9 nitrogen and oxygen atoms in total. The number of nitrogens with one attached hydrogen (secondary N) is 2. The van der Waals surface area contributed by atoms with Gasteiger partial charge in [0.1, 0.15) is 45.2 Å². The maximum Gasteiger partial charge on any atom is 0.148 e. The van der Waals surface area contributed by atoms with Crippen LogP contribution in [-0.2, 0) is 23.0 Å². The lowest BCUT2D eigenvalue weighted by molar-refractivity contribution is 0.305. The molecule has 0 unspecified atom stereocenters. The molecule has 0 saturated heterocycles. The number of anilines is 2. The molecule has 0 radical (unpaired) electrons. The molecule has 12 heteroatoms. The fourth-order valence-electron chi connectivity index (χ4n) is 3.73. The summed E-state index contributed by atoms with van der Waals surface area (Å²) in [5.74, 6) is 1.07. The second-order valence-corrected chi connectivity index (χ2v) is 12.0. The van der Waals surface area contributed by atoms with Crippen molar-refractivity contribution in [3.8, 4) is 17.1 Å². The highest BCUT2D eigenvalue weighted by Gasteiger charge is 2.11. The number of aromatic nitrogens is 4. The number of fused-ring (bicyclic) bond motifs is 1. The number of benzene rings is 2. The average Bonchev–Trinajstić information content (AvgIpc) is 3.39. The minimum atomic E-state index is -3.01. The Labute approximate surface area is 229 Å². The first kappa shape index (κ1) is 26.6. The first-order chi connectivity index (χ1) is 18.8. The molecule has 0 aliphatic carbocycles. The first-order valence-electron chi connectivity index (χ1n) is 12.0. The van der Waals surface area contributed by atoms with Crippen LogP contribution in [0.4, 0.5) is 15.9 Å². The molecule has 0 saturated carbocycles. The Kier molecular flexibility index (Phi) is 8.05. The summed E-state index contributed by atoms with van der Waals surface area (Å²) in [5.41, 5.74) is 3.65. The van der Waals surface area contributed by atoms with Gasteiger partial charge in [-0.05, 0) is 48.0 Å². The van der Waals surface area contributed by atoms with E-state index in [4.69, 9.17) is 4.74 Å². The second kappa shape index (κ2) is 11.8. The van der Waals surface area contributed by atoms with Crippen LogP contribution in [0.25, 0.3) is 22.3 Å². The SMILES string of the molecule is CS(=O)(=O)CCNCc1nc(-c2cc3c(Nc4ccc(OCc5cccc(F)c5)cc4)ncnc3cn2)cs1. The van der Waals surface area contributed by atoms with Gasteiger partial charge >= 0.3 is 0 Å². The molecule has 0 aliphatic rings. The van der Waals surface area contributed by atoms with E-state index in [9.17, 15) is 12.8 Å². The zero-order valence-electron chi connectivity index (χ0n) is 21.0. The quantitative estimate of drug-likeness (QED) is 0.219. The summed E-state index contributed by atoms with van der Waals surface area (Å²) in [7, 11) is -3.01. The van der Waals surface area contributed by atoms with Gasteiger partial charge in [-0.2, -0.15) is 0 Å². The maximum atomic E-state index is 13.4. The number of sulfone groups is 1. The molecule has 5 aromatic rings. The van der Waals surface area contributed by atoms with Crippen molar-refractivity contribution >= 4 is 43.6 Å². The molecule has 0 spiro atoms. The van der Waals surface area contributed by atoms with Gasteiger partial charge in [0.05, 0.1) is 28.9 Å². The highest BCUT2D eigenvalue weighted by Crippen LogP contribution is 2.28. The zero-order valence-corrected chi connectivity index (χ0v) is 22.6. The molecule has 2 aromatic carbocycles. The number of hydrogen-bond acceptors (Lipinski definition) is 10. The van der Waals surface area contributed by atoms with E-state index >= 15 is 0 Å². The number of rotatable bonds is 11. The lowest BCUT2D eigenvalue weighted by atomic mass is 10.2. The van der Waals surface area contributed by atoms with Crippen LogP contribution in [0.15, 0.2) is 72.5 Å². The van der Waals surface area contributed by atoms with Crippen LogP contribution in [0.3, 0.4) is 0 Å². The smallest absolute Gasteiger partial charge is 0.148 e. The summed E-state index contributed by atoms with van der Waals surface area (Å²) >= 11 is 1.48. The molecular formula is C27H25FN6O3S2. The van der Waals surface area contributed by atoms with Crippen LogP contribution in [0.1, 0.15) is 10.6 Å². The topological polar surface area (TPSA) is 119 Å². The van der Waals surface area contributed by atoms with E-state index in [-0.39, 0.29) is 18.2 Å². The Morgan fingerprint density at radius 3 is 2.67 bits per heavy atom. The van der Waals surface area contributed by atoms with Crippen molar-refractivity contribution in [1.29, 1.82) is 0 Å². The number of pyridine rings is 1. The summed E-state index contributed by atoms with van der Waals surface area (Å²) < 4.78 is 41.7. The van der Waals surface area contributed by atoms with Crippen molar-refractivity contribution in [2.75, 3.05) is 23.9 Å². The third kappa shape index (κ3) is 7.31. The molecule has 0 fully saturated rings. The van der Waals surface area contributed by atoms with Crippen LogP contribution in [0.2, 0.25) is 0 Å². The minimum absolute atomic E-state index is 0.0813. The van der Waals surface area contributed by atoms with Gasteiger partial charge in [-0.1, -0.05) is 12.1 Å². The summed E-state index contributed by atoms with van der Waals surface area (Å²) in [4.78, 5) is 17.9. The summed E-state index contributed by atoms with van der Waals surface area (Å²) in [5, 5.41) is 9.97. The molecule has 0 amide bonds. The summed E-state index contributed by atoms with van der Waals surface area (Å²) in [6.07, 6.45) is 4.38. The molecule has 0 bridgehead atoms. The normalized spacial score (nSPS) is 11.5. The van der Waals surface area contributed by atoms with Crippen LogP contribution in [-0.4, -0.2) is 46.9 Å². The van der Waals surface area contributed by atoms with Crippen molar-refractivity contribution in [1.82, 2.24) is 25.3 Å². The summed E-state index contributed by atoms with van der Waals surface area (Å²) in [6.45, 7) is 1.12. The molecular weight excluding hydrogens is 539 g/mol. The predicted molar refractivity (Wildman–Crippen MR) is 150 cm³/mol. The molecule has 2 N–H and O–H groups in total. The van der Waals surface area contributed by atoms with Crippen LogP contribution in [0, 0.1) is 5.82 Å². The monoisotopic (exact) mass is 564 g/mol. The van der Waals surface area contributed by atoms with Gasteiger partial charge in [-0.25, -0.2) is 27.8 Å². The van der Waals surface area contributed by atoms with E-state index in [0.717, 1.165) is 27.3 Å². The number of hydrogen-bond donors (Lipinski definition) is 2. The van der Waals surface area contributed by atoms with Gasteiger partial charge < -0.3 is 15.4 Å². The fraction of sp³-hybridized carbons (Fsp3) is 0.185. The van der Waals surface area contributed by atoms with E-state index in [1.165, 1.54) is 36.1 Å². The Balaban J connectivity index is 1.26. The number of nitrogens with zero attached hydrogens (tertiary/aromatic N) is 4. The Bertz CT molecular complexity index is 1690. The van der Waals surface area contributed by atoms with Crippen molar-refractivity contribution in [3.63, 3.8) is 0 Å².